The van der Waals surface area contributed by atoms with Crippen molar-refractivity contribution in [2.45, 2.75) is 38.8 Å². The summed E-state index contributed by atoms with van der Waals surface area (Å²) in [7, 11) is 1.71. The molecule has 4 heteroatoms. The van der Waals surface area contributed by atoms with E-state index in [1.807, 2.05) is 39.0 Å². The van der Waals surface area contributed by atoms with Crippen LogP contribution in [-0.4, -0.2) is 19.3 Å². The average Bonchev–Trinajstić information content (AvgIpc) is 2.28. The molecule has 0 spiro atoms. The third-order valence-electron chi connectivity index (χ3n) is 2.98. The van der Waals surface area contributed by atoms with Crippen molar-refractivity contribution in [3.05, 3.63) is 28.2 Å². The van der Waals surface area contributed by atoms with Crippen LogP contribution in [0.25, 0.3) is 0 Å². The molecule has 0 aromatic heterocycles. The SMILES string of the molecule is COC(C)(C)CCOc1cc(Br)ccc1[C@H](C)N. The Morgan fingerprint density at radius 1 is 1.39 bits per heavy atom. The van der Waals surface area contributed by atoms with E-state index in [-0.39, 0.29) is 11.6 Å². The largest absolute Gasteiger partial charge is 0.493 e. The van der Waals surface area contributed by atoms with Crippen molar-refractivity contribution in [1.82, 2.24) is 0 Å². The van der Waals surface area contributed by atoms with Crippen LogP contribution in [0.15, 0.2) is 22.7 Å². The zero-order valence-electron chi connectivity index (χ0n) is 11.5. The fourth-order valence-electron chi connectivity index (χ4n) is 1.52. The van der Waals surface area contributed by atoms with Crippen LogP contribution in [0, 0.1) is 0 Å². The molecule has 0 aliphatic carbocycles. The molecule has 0 saturated carbocycles. The van der Waals surface area contributed by atoms with Gasteiger partial charge in [0.05, 0.1) is 12.2 Å². The summed E-state index contributed by atoms with van der Waals surface area (Å²) in [6, 6.07) is 5.89. The molecule has 0 fully saturated rings. The highest BCUT2D eigenvalue weighted by atomic mass is 79.9. The number of hydrogen-bond donors (Lipinski definition) is 1. The molecule has 0 radical (unpaired) electrons. The average molecular weight is 316 g/mol. The second kappa shape index (κ2) is 6.55. The fourth-order valence-corrected chi connectivity index (χ4v) is 1.86. The first-order chi connectivity index (χ1) is 8.35. The van der Waals surface area contributed by atoms with Gasteiger partial charge in [0, 0.05) is 29.6 Å². The topological polar surface area (TPSA) is 44.5 Å². The maximum atomic E-state index is 5.93. The van der Waals surface area contributed by atoms with Crippen molar-refractivity contribution < 1.29 is 9.47 Å². The Labute approximate surface area is 118 Å². The lowest BCUT2D eigenvalue weighted by Crippen LogP contribution is -2.25. The van der Waals surface area contributed by atoms with Gasteiger partial charge in [-0.15, -0.1) is 0 Å². The molecule has 1 rings (SSSR count). The second-order valence-electron chi connectivity index (χ2n) is 5.03. The van der Waals surface area contributed by atoms with Crippen LogP contribution in [0.3, 0.4) is 0 Å². The van der Waals surface area contributed by atoms with E-state index in [1.165, 1.54) is 0 Å². The summed E-state index contributed by atoms with van der Waals surface area (Å²) in [5.41, 5.74) is 6.78. The lowest BCUT2D eigenvalue weighted by molar-refractivity contribution is 0.00536. The Morgan fingerprint density at radius 3 is 2.61 bits per heavy atom. The van der Waals surface area contributed by atoms with Gasteiger partial charge >= 0.3 is 0 Å². The first kappa shape index (κ1) is 15.5. The van der Waals surface area contributed by atoms with Gasteiger partial charge in [0.25, 0.3) is 0 Å². The molecule has 0 amide bonds. The molecule has 3 nitrogen and oxygen atoms in total. The van der Waals surface area contributed by atoms with Gasteiger partial charge in [-0.1, -0.05) is 22.0 Å². The summed E-state index contributed by atoms with van der Waals surface area (Å²) in [6.07, 6.45) is 0.828. The van der Waals surface area contributed by atoms with Crippen LogP contribution in [0.5, 0.6) is 5.75 Å². The summed E-state index contributed by atoms with van der Waals surface area (Å²) in [6.45, 7) is 6.65. The molecule has 0 saturated heterocycles. The van der Waals surface area contributed by atoms with Gasteiger partial charge in [0.1, 0.15) is 5.75 Å². The minimum atomic E-state index is -0.166. The maximum absolute atomic E-state index is 5.93. The minimum absolute atomic E-state index is 0.0384. The van der Waals surface area contributed by atoms with E-state index in [0.29, 0.717) is 6.61 Å². The van der Waals surface area contributed by atoms with E-state index < -0.39 is 0 Å². The predicted molar refractivity (Wildman–Crippen MR) is 77.9 cm³/mol. The fraction of sp³-hybridized carbons (Fsp3) is 0.571. The standard InChI is InChI=1S/C14H22BrNO2/c1-10(16)12-6-5-11(15)9-13(12)18-8-7-14(2,3)17-4/h5-6,9-10H,7-8,16H2,1-4H3/t10-/m0/s1. The second-order valence-corrected chi connectivity index (χ2v) is 5.95. The predicted octanol–water partition coefficient (Wildman–Crippen LogP) is 3.66. The number of methoxy groups -OCH3 is 1. The monoisotopic (exact) mass is 315 g/mol. The molecule has 1 aromatic carbocycles. The highest BCUT2D eigenvalue weighted by molar-refractivity contribution is 9.10. The molecule has 102 valence electrons. The summed E-state index contributed by atoms with van der Waals surface area (Å²) in [5, 5.41) is 0. The number of halogens is 1. The molecule has 0 aliphatic rings. The van der Waals surface area contributed by atoms with Crippen molar-refractivity contribution >= 4 is 15.9 Å². The number of ether oxygens (including phenoxy) is 2. The van der Waals surface area contributed by atoms with Crippen molar-refractivity contribution in [3.63, 3.8) is 0 Å². The van der Waals surface area contributed by atoms with E-state index in [2.05, 4.69) is 15.9 Å². The van der Waals surface area contributed by atoms with Gasteiger partial charge in [-0.25, -0.2) is 0 Å². The van der Waals surface area contributed by atoms with Crippen LogP contribution in [0.2, 0.25) is 0 Å². The first-order valence-electron chi connectivity index (χ1n) is 6.09. The van der Waals surface area contributed by atoms with Crippen molar-refractivity contribution in [3.8, 4) is 5.75 Å². The smallest absolute Gasteiger partial charge is 0.125 e. The van der Waals surface area contributed by atoms with Crippen LogP contribution in [0.4, 0.5) is 0 Å². The third-order valence-corrected chi connectivity index (χ3v) is 3.47. The molecule has 18 heavy (non-hydrogen) atoms. The first-order valence-corrected chi connectivity index (χ1v) is 6.88. The zero-order chi connectivity index (χ0) is 13.8. The Morgan fingerprint density at radius 2 is 2.06 bits per heavy atom. The van der Waals surface area contributed by atoms with Crippen molar-refractivity contribution in [2.24, 2.45) is 5.73 Å². The molecular formula is C14H22BrNO2. The summed E-state index contributed by atoms with van der Waals surface area (Å²) in [4.78, 5) is 0. The van der Waals surface area contributed by atoms with Gasteiger partial charge in [0.2, 0.25) is 0 Å². The molecule has 1 aromatic rings. The molecule has 0 aliphatic heterocycles. The molecule has 0 heterocycles. The van der Waals surface area contributed by atoms with Gasteiger partial charge in [0.15, 0.2) is 0 Å². The maximum Gasteiger partial charge on any atom is 0.125 e. The number of nitrogens with two attached hydrogens (primary N) is 1. The Balaban J connectivity index is 2.69. The highest BCUT2D eigenvalue weighted by Gasteiger charge is 2.17. The molecule has 2 N–H and O–H groups in total. The summed E-state index contributed by atoms with van der Waals surface area (Å²) < 4.78 is 12.2. The highest BCUT2D eigenvalue weighted by Crippen LogP contribution is 2.28. The molecular weight excluding hydrogens is 294 g/mol. The number of rotatable bonds is 6. The van der Waals surface area contributed by atoms with Crippen LogP contribution < -0.4 is 10.5 Å². The van der Waals surface area contributed by atoms with E-state index in [0.717, 1.165) is 22.2 Å². The van der Waals surface area contributed by atoms with E-state index in [4.69, 9.17) is 15.2 Å². The third kappa shape index (κ3) is 4.59. The van der Waals surface area contributed by atoms with Crippen molar-refractivity contribution in [2.75, 3.05) is 13.7 Å². The number of hydrogen-bond acceptors (Lipinski definition) is 3. The van der Waals surface area contributed by atoms with Crippen LogP contribution in [-0.2, 0) is 4.74 Å². The quantitative estimate of drug-likeness (QED) is 0.871. The minimum Gasteiger partial charge on any atom is -0.493 e. The summed E-state index contributed by atoms with van der Waals surface area (Å²) in [5.74, 6) is 0.839. The summed E-state index contributed by atoms with van der Waals surface area (Å²) >= 11 is 3.44. The van der Waals surface area contributed by atoms with E-state index >= 15 is 0 Å². The van der Waals surface area contributed by atoms with Crippen LogP contribution in [0.1, 0.15) is 38.8 Å². The van der Waals surface area contributed by atoms with Gasteiger partial charge in [-0.3, -0.25) is 0 Å². The number of benzene rings is 1. The van der Waals surface area contributed by atoms with Crippen LogP contribution >= 0.6 is 15.9 Å². The Bertz CT molecular complexity index is 391. The van der Waals surface area contributed by atoms with E-state index in [1.54, 1.807) is 7.11 Å². The zero-order valence-corrected chi connectivity index (χ0v) is 13.1. The Kier molecular flexibility index (Phi) is 5.63. The van der Waals surface area contributed by atoms with Gasteiger partial charge in [-0.2, -0.15) is 0 Å². The normalized spacial score (nSPS) is 13.4. The molecule has 1 atom stereocenters. The molecule has 0 unspecified atom stereocenters. The Hall–Kier alpha value is -0.580. The lowest BCUT2D eigenvalue weighted by atomic mass is 10.1. The molecule has 0 bridgehead atoms. The lowest BCUT2D eigenvalue weighted by Gasteiger charge is -2.23. The van der Waals surface area contributed by atoms with Gasteiger partial charge in [-0.05, 0) is 32.9 Å². The van der Waals surface area contributed by atoms with Crippen molar-refractivity contribution in [1.29, 1.82) is 0 Å². The van der Waals surface area contributed by atoms with E-state index in [9.17, 15) is 0 Å². The van der Waals surface area contributed by atoms with Gasteiger partial charge < -0.3 is 15.2 Å².